The van der Waals surface area contributed by atoms with Crippen molar-refractivity contribution in [3.8, 4) is 0 Å². The molecular weight excluding hydrogens is 254 g/mol. The summed E-state index contributed by atoms with van der Waals surface area (Å²) in [5.41, 5.74) is 1.07. The fraction of sp³-hybridized carbons (Fsp3) is 0.200. The molecule has 0 aliphatic rings. The lowest BCUT2D eigenvalue weighted by atomic mass is 10.2. The van der Waals surface area contributed by atoms with Crippen molar-refractivity contribution in [1.82, 2.24) is 4.98 Å². The summed E-state index contributed by atoms with van der Waals surface area (Å²) >= 11 is 0. The number of amides is 1. The van der Waals surface area contributed by atoms with E-state index < -0.39 is 0 Å². The molecule has 2 rings (SSSR count). The highest BCUT2D eigenvalue weighted by Crippen LogP contribution is 2.07. The Balaban J connectivity index is 2.02. The third-order valence-corrected chi connectivity index (χ3v) is 2.83. The van der Waals surface area contributed by atoms with Gasteiger partial charge in [0.25, 0.3) is 5.56 Å². The highest BCUT2D eigenvalue weighted by Gasteiger charge is 2.04. The molecule has 20 heavy (non-hydrogen) atoms. The van der Waals surface area contributed by atoms with Crippen molar-refractivity contribution >= 4 is 17.4 Å². The highest BCUT2D eigenvalue weighted by molar-refractivity contribution is 5.90. The first-order chi connectivity index (χ1) is 9.69. The molecule has 0 radical (unpaired) electrons. The number of pyridine rings is 1. The van der Waals surface area contributed by atoms with E-state index in [1.54, 1.807) is 19.1 Å². The van der Waals surface area contributed by atoms with E-state index in [1.165, 1.54) is 0 Å². The van der Waals surface area contributed by atoms with Gasteiger partial charge in [-0.1, -0.05) is 37.3 Å². The van der Waals surface area contributed by atoms with E-state index in [2.05, 4.69) is 15.6 Å². The molecule has 2 aromatic rings. The van der Waals surface area contributed by atoms with Gasteiger partial charge in [-0.2, -0.15) is 0 Å². The van der Waals surface area contributed by atoms with Crippen LogP contribution in [-0.2, 0) is 11.3 Å². The van der Waals surface area contributed by atoms with Crippen LogP contribution in [0.2, 0.25) is 0 Å². The molecule has 1 amide bonds. The van der Waals surface area contributed by atoms with Gasteiger partial charge in [0.1, 0.15) is 11.5 Å². The molecule has 3 N–H and O–H groups in total. The first-order valence-corrected chi connectivity index (χ1v) is 6.50. The number of nitrogens with one attached hydrogen (secondary N) is 3. The Morgan fingerprint density at radius 1 is 1.15 bits per heavy atom. The lowest BCUT2D eigenvalue weighted by molar-refractivity contribution is -0.115. The van der Waals surface area contributed by atoms with Crippen molar-refractivity contribution in [2.75, 3.05) is 10.6 Å². The van der Waals surface area contributed by atoms with E-state index in [9.17, 15) is 9.59 Å². The molecule has 0 spiro atoms. The van der Waals surface area contributed by atoms with Crippen LogP contribution in [0.3, 0.4) is 0 Å². The van der Waals surface area contributed by atoms with Crippen LogP contribution in [0.15, 0.2) is 47.3 Å². The number of carbonyl (C=O) groups is 1. The summed E-state index contributed by atoms with van der Waals surface area (Å²) < 4.78 is 0. The number of aromatic amines is 1. The Kier molecular flexibility index (Phi) is 4.55. The average Bonchev–Trinajstić information content (AvgIpc) is 2.48. The summed E-state index contributed by atoms with van der Waals surface area (Å²) in [6, 6.07) is 13.2. The van der Waals surface area contributed by atoms with Gasteiger partial charge in [0.05, 0.1) is 0 Å². The number of hydrogen-bond acceptors (Lipinski definition) is 3. The maximum Gasteiger partial charge on any atom is 0.273 e. The number of benzene rings is 1. The van der Waals surface area contributed by atoms with Gasteiger partial charge in [-0.3, -0.25) is 9.59 Å². The van der Waals surface area contributed by atoms with Crippen LogP contribution in [0.5, 0.6) is 0 Å². The first kappa shape index (κ1) is 13.9. The summed E-state index contributed by atoms with van der Waals surface area (Å²) in [7, 11) is 0. The molecule has 0 aliphatic heterocycles. The number of H-pyrrole nitrogens is 1. The predicted molar refractivity (Wildman–Crippen MR) is 79.8 cm³/mol. The summed E-state index contributed by atoms with van der Waals surface area (Å²) in [5, 5.41) is 5.68. The van der Waals surface area contributed by atoms with Gasteiger partial charge in [-0.25, -0.2) is 0 Å². The molecule has 1 heterocycles. The lowest BCUT2D eigenvalue weighted by Gasteiger charge is -2.08. The van der Waals surface area contributed by atoms with Gasteiger partial charge < -0.3 is 15.6 Å². The van der Waals surface area contributed by atoms with Crippen molar-refractivity contribution in [2.24, 2.45) is 0 Å². The van der Waals surface area contributed by atoms with Gasteiger partial charge in [-0.05, 0) is 17.7 Å². The first-order valence-electron chi connectivity index (χ1n) is 6.50. The lowest BCUT2D eigenvalue weighted by Crippen LogP contribution is -2.19. The van der Waals surface area contributed by atoms with Crippen molar-refractivity contribution in [1.29, 1.82) is 0 Å². The van der Waals surface area contributed by atoms with Crippen molar-refractivity contribution < 1.29 is 4.79 Å². The average molecular weight is 271 g/mol. The van der Waals surface area contributed by atoms with E-state index in [4.69, 9.17) is 0 Å². The zero-order valence-corrected chi connectivity index (χ0v) is 11.3. The van der Waals surface area contributed by atoms with Crippen molar-refractivity contribution in [3.63, 3.8) is 0 Å². The second kappa shape index (κ2) is 6.56. The molecule has 1 aromatic heterocycles. The normalized spacial score (nSPS) is 10.1. The van der Waals surface area contributed by atoms with Crippen LogP contribution in [0.25, 0.3) is 0 Å². The van der Waals surface area contributed by atoms with Crippen LogP contribution in [0, 0.1) is 0 Å². The molecule has 5 heteroatoms. The van der Waals surface area contributed by atoms with Crippen LogP contribution in [0.1, 0.15) is 18.9 Å². The topological polar surface area (TPSA) is 74.0 Å². The smallest absolute Gasteiger partial charge is 0.273 e. The van der Waals surface area contributed by atoms with Crippen LogP contribution in [0.4, 0.5) is 11.5 Å². The van der Waals surface area contributed by atoms with Gasteiger partial charge in [0.15, 0.2) is 0 Å². The van der Waals surface area contributed by atoms with E-state index in [-0.39, 0.29) is 17.2 Å². The second-order valence-electron chi connectivity index (χ2n) is 4.36. The molecule has 0 atom stereocenters. The Morgan fingerprint density at radius 3 is 2.55 bits per heavy atom. The maximum absolute atomic E-state index is 11.8. The highest BCUT2D eigenvalue weighted by atomic mass is 16.2. The molecule has 1 aromatic carbocycles. The standard InChI is InChI=1S/C15H17N3O2/c1-2-14(19)17-12-8-9-13(18-15(12)20)16-10-11-6-4-3-5-7-11/h3-9H,2,10H2,1H3,(H,17,19)(H2,16,18,20). The third kappa shape index (κ3) is 3.71. The third-order valence-electron chi connectivity index (χ3n) is 2.83. The number of hydrogen-bond donors (Lipinski definition) is 3. The van der Waals surface area contributed by atoms with Crippen LogP contribution >= 0.6 is 0 Å². The van der Waals surface area contributed by atoms with Gasteiger partial charge in [0, 0.05) is 13.0 Å². The van der Waals surface area contributed by atoms with Gasteiger partial charge in [-0.15, -0.1) is 0 Å². The monoisotopic (exact) mass is 271 g/mol. The fourth-order valence-corrected chi connectivity index (χ4v) is 1.71. The SMILES string of the molecule is CCC(=O)Nc1ccc(NCc2ccccc2)[nH]c1=O. The van der Waals surface area contributed by atoms with E-state index in [0.29, 0.717) is 18.8 Å². The maximum atomic E-state index is 11.8. The fourth-order valence-electron chi connectivity index (χ4n) is 1.71. The number of rotatable bonds is 5. The Bertz CT molecular complexity index is 635. The molecule has 0 bridgehead atoms. The molecule has 5 nitrogen and oxygen atoms in total. The van der Waals surface area contributed by atoms with Crippen molar-refractivity contribution in [3.05, 3.63) is 58.4 Å². The van der Waals surface area contributed by atoms with Crippen molar-refractivity contribution in [2.45, 2.75) is 19.9 Å². The zero-order chi connectivity index (χ0) is 14.4. The summed E-state index contributed by atoms with van der Waals surface area (Å²) in [6.07, 6.45) is 0.341. The second-order valence-corrected chi connectivity index (χ2v) is 4.36. The van der Waals surface area contributed by atoms with E-state index in [1.807, 2.05) is 30.3 Å². The minimum absolute atomic E-state index is 0.180. The Morgan fingerprint density at radius 2 is 1.90 bits per heavy atom. The molecule has 0 fully saturated rings. The van der Waals surface area contributed by atoms with Crippen LogP contribution < -0.4 is 16.2 Å². The number of aromatic nitrogens is 1. The minimum atomic E-state index is -0.315. The quantitative estimate of drug-likeness (QED) is 0.781. The molecule has 0 aliphatic carbocycles. The minimum Gasteiger partial charge on any atom is -0.367 e. The summed E-state index contributed by atoms with van der Waals surface area (Å²) in [4.78, 5) is 25.7. The molecule has 0 saturated carbocycles. The Hall–Kier alpha value is -2.56. The molecular formula is C15H17N3O2. The number of anilines is 2. The Labute approximate surface area is 117 Å². The summed E-state index contributed by atoms with van der Waals surface area (Å²) in [5.74, 6) is 0.439. The van der Waals surface area contributed by atoms with E-state index >= 15 is 0 Å². The predicted octanol–water partition coefficient (Wildman–Crippen LogP) is 2.34. The van der Waals surface area contributed by atoms with Gasteiger partial charge >= 0.3 is 0 Å². The van der Waals surface area contributed by atoms with E-state index in [0.717, 1.165) is 5.56 Å². The zero-order valence-electron chi connectivity index (χ0n) is 11.3. The molecule has 0 unspecified atom stereocenters. The molecule has 104 valence electrons. The van der Waals surface area contributed by atoms with Gasteiger partial charge in [0.2, 0.25) is 5.91 Å². The molecule has 0 saturated heterocycles. The largest absolute Gasteiger partial charge is 0.367 e. The number of carbonyl (C=O) groups excluding carboxylic acids is 1. The van der Waals surface area contributed by atoms with Crippen LogP contribution in [-0.4, -0.2) is 10.9 Å². The summed E-state index contributed by atoms with van der Waals surface area (Å²) in [6.45, 7) is 2.36.